The highest BCUT2D eigenvalue weighted by Gasteiger charge is 2.35. The van der Waals surface area contributed by atoms with Crippen LogP contribution in [0, 0.1) is 0 Å². The van der Waals surface area contributed by atoms with E-state index in [4.69, 9.17) is 9.73 Å². The summed E-state index contributed by atoms with van der Waals surface area (Å²) in [6.45, 7) is 6.15. The molecule has 1 aromatic heterocycles. The highest BCUT2D eigenvalue weighted by atomic mass is 32.1. The van der Waals surface area contributed by atoms with Gasteiger partial charge < -0.3 is 9.84 Å². The first-order valence-corrected chi connectivity index (χ1v) is 15.8. The molecule has 9 heteroatoms. The van der Waals surface area contributed by atoms with E-state index in [1.165, 1.54) is 17.4 Å². The minimum atomic E-state index is -0.784. The lowest BCUT2D eigenvalue weighted by Crippen LogP contribution is -2.40. The Morgan fingerprint density at radius 1 is 0.957 bits per heavy atom. The predicted molar refractivity (Wildman–Crippen MR) is 180 cm³/mol. The summed E-state index contributed by atoms with van der Waals surface area (Å²) < 4.78 is 7.45. The second-order valence-electron chi connectivity index (χ2n) is 11.0. The van der Waals surface area contributed by atoms with E-state index in [0.29, 0.717) is 37.9 Å². The smallest absolute Gasteiger partial charge is 0.338 e. The molecule has 0 bridgehead atoms. The maximum absolute atomic E-state index is 14.2. The number of phenolic OH excluding ortho intramolecular Hbond substituents is 1. The first kappa shape index (κ1) is 30.6. The molecule has 1 aliphatic heterocycles. The molecule has 0 radical (unpaired) electrons. The lowest BCUT2D eigenvalue weighted by atomic mass is 9.91. The van der Waals surface area contributed by atoms with Crippen LogP contribution in [0.4, 0.5) is 11.4 Å². The Hall–Kier alpha value is -5.41. The number of nitrogens with zero attached hydrogens (tertiary/aromatic N) is 4. The monoisotopic (exact) mass is 628 g/mol. The van der Waals surface area contributed by atoms with Crippen LogP contribution < -0.4 is 14.9 Å². The number of hydrogen-bond acceptors (Lipinski definition) is 8. The quantitative estimate of drug-likeness (QED) is 0.145. The second kappa shape index (κ2) is 13.3. The summed E-state index contributed by atoms with van der Waals surface area (Å²) in [5, 5.41) is 19.3. The van der Waals surface area contributed by atoms with Gasteiger partial charge in [0.2, 0.25) is 0 Å². The van der Waals surface area contributed by atoms with Crippen LogP contribution in [0.1, 0.15) is 55.0 Å². The van der Waals surface area contributed by atoms with Crippen molar-refractivity contribution in [2.75, 3.05) is 6.61 Å². The van der Waals surface area contributed by atoms with Gasteiger partial charge in [-0.1, -0.05) is 98.0 Å². The number of carbonyl (C=O) groups excluding carboxylic acids is 1. The lowest BCUT2D eigenvalue weighted by Gasteiger charge is -2.26. The molecule has 1 N–H and O–H groups in total. The molecule has 0 fully saturated rings. The number of aromatic nitrogens is 1. The van der Waals surface area contributed by atoms with Gasteiger partial charge in [0.25, 0.3) is 5.56 Å². The largest absolute Gasteiger partial charge is 0.507 e. The highest BCUT2D eigenvalue weighted by Crippen LogP contribution is 2.36. The number of ether oxygens (including phenoxy) is 1. The maximum Gasteiger partial charge on any atom is 0.338 e. The standard InChI is InChI=1S/C37H32N4O4S/c1-4-45-36(44)32-33(25-11-7-5-8-12-25)38-37-41(34(32)26-17-15-24(16-18-26)23(2)3)35(43)31(46-37)22-27-21-29(19-20-30(27)42)40-39-28-13-9-6-10-14-28/h5-23,34,42H,4H2,1-3H3/b31-22-,40-39?/t34-/m1/s1. The average molecular weight is 629 g/mol. The van der Waals surface area contributed by atoms with E-state index in [1.54, 1.807) is 29.7 Å². The molecular weight excluding hydrogens is 596 g/mol. The second-order valence-corrected chi connectivity index (χ2v) is 12.0. The van der Waals surface area contributed by atoms with Crippen molar-refractivity contribution in [2.24, 2.45) is 15.2 Å². The number of rotatable bonds is 8. The zero-order valence-electron chi connectivity index (χ0n) is 25.6. The van der Waals surface area contributed by atoms with E-state index < -0.39 is 12.0 Å². The molecule has 8 nitrogen and oxygen atoms in total. The van der Waals surface area contributed by atoms with Crippen LogP contribution in [0.25, 0.3) is 11.8 Å². The fraction of sp³-hybridized carbons (Fsp3) is 0.162. The van der Waals surface area contributed by atoms with Gasteiger partial charge in [0.05, 0.1) is 39.8 Å². The van der Waals surface area contributed by atoms with Gasteiger partial charge in [-0.05, 0) is 60.4 Å². The summed E-state index contributed by atoms with van der Waals surface area (Å²) >= 11 is 1.19. The van der Waals surface area contributed by atoms with E-state index in [-0.39, 0.29) is 23.5 Å². The number of benzene rings is 4. The third-order valence-corrected chi connectivity index (χ3v) is 8.61. The Labute approximate surface area is 270 Å². The number of hydrogen-bond donors (Lipinski definition) is 1. The normalized spacial score (nSPS) is 14.9. The first-order valence-electron chi connectivity index (χ1n) is 15.0. The van der Waals surface area contributed by atoms with E-state index in [2.05, 4.69) is 24.1 Å². The Kier molecular flexibility index (Phi) is 8.85. The van der Waals surface area contributed by atoms with Gasteiger partial charge >= 0.3 is 5.97 Å². The molecule has 0 aliphatic carbocycles. The van der Waals surface area contributed by atoms with Crippen molar-refractivity contribution >= 4 is 40.5 Å². The summed E-state index contributed by atoms with van der Waals surface area (Å²) in [5.41, 5.74) is 4.65. The van der Waals surface area contributed by atoms with Crippen LogP contribution in [0.3, 0.4) is 0 Å². The van der Waals surface area contributed by atoms with Crippen molar-refractivity contribution < 1.29 is 14.6 Å². The molecule has 0 unspecified atom stereocenters. The molecule has 0 amide bonds. The number of thiazole rings is 1. The SMILES string of the molecule is CCOC(=O)C1=C(c2ccccc2)N=c2s/c(=C\c3cc(N=Nc4ccccc4)ccc3O)c(=O)n2[C@@H]1c1ccc(C(C)C)cc1. The van der Waals surface area contributed by atoms with Crippen molar-refractivity contribution in [3.05, 3.63) is 151 Å². The third-order valence-electron chi connectivity index (χ3n) is 7.63. The van der Waals surface area contributed by atoms with Crippen LogP contribution in [0.2, 0.25) is 0 Å². The number of esters is 1. The van der Waals surface area contributed by atoms with Crippen molar-refractivity contribution in [3.8, 4) is 5.75 Å². The molecule has 2 heterocycles. The van der Waals surface area contributed by atoms with E-state index >= 15 is 0 Å². The molecule has 4 aromatic carbocycles. The maximum atomic E-state index is 14.2. The van der Waals surface area contributed by atoms with Gasteiger partial charge in [-0.15, -0.1) is 0 Å². The van der Waals surface area contributed by atoms with Crippen molar-refractivity contribution in [1.29, 1.82) is 0 Å². The molecule has 0 spiro atoms. The molecule has 5 aromatic rings. The predicted octanol–water partition coefficient (Wildman–Crippen LogP) is 7.18. The number of aromatic hydroxyl groups is 1. The van der Waals surface area contributed by atoms with E-state index in [0.717, 1.165) is 16.7 Å². The Balaban J connectivity index is 1.54. The molecule has 0 saturated heterocycles. The fourth-order valence-corrected chi connectivity index (χ4v) is 6.28. The van der Waals surface area contributed by atoms with E-state index in [1.807, 2.05) is 84.9 Å². The molecule has 1 aliphatic rings. The van der Waals surface area contributed by atoms with Gasteiger partial charge in [-0.25, -0.2) is 9.79 Å². The van der Waals surface area contributed by atoms with Crippen LogP contribution >= 0.6 is 11.3 Å². The van der Waals surface area contributed by atoms with Crippen molar-refractivity contribution in [2.45, 2.75) is 32.7 Å². The van der Waals surface area contributed by atoms with Gasteiger partial charge in [-0.3, -0.25) is 9.36 Å². The minimum Gasteiger partial charge on any atom is -0.507 e. The molecule has 230 valence electrons. The molecule has 0 saturated carbocycles. The summed E-state index contributed by atoms with van der Waals surface area (Å²) in [6, 6.07) is 30.8. The van der Waals surface area contributed by atoms with Crippen LogP contribution in [0.5, 0.6) is 5.75 Å². The number of fused-ring (bicyclic) bond motifs is 1. The zero-order chi connectivity index (χ0) is 32.2. The highest BCUT2D eigenvalue weighted by molar-refractivity contribution is 7.07. The lowest BCUT2D eigenvalue weighted by molar-refractivity contribution is -0.138. The summed E-state index contributed by atoms with van der Waals surface area (Å²) in [5.74, 6) is -0.236. The number of carbonyl (C=O) groups is 1. The van der Waals surface area contributed by atoms with Crippen LogP contribution in [-0.4, -0.2) is 22.2 Å². The minimum absolute atomic E-state index is 0.0116. The van der Waals surface area contributed by atoms with Crippen LogP contribution in [-0.2, 0) is 9.53 Å². The van der Waals surface area contributed by atoms with Gasteiger partial charge in [0, 0.05) is 11.1 Å². The Bertz CT molecular complexity index is 2130. The molecular formula is C37H32N4O4S. The first-order chi connectivity index (χ1) is 22.3. The molecule has 6 rings (SSSR count). The summed E-state index contributed by atoms with van der Waals surface area (Å²) in [4.78, 5) is 33.3. The van der Waals surface area contributed by atoms with Gasteiger partial charge in [0.1, 0.15) is 5.75 Å². The summed E-state index contributed by atoms with van der Waals surface area (Å²) in [7, 11) is 0. The number of azo groups is 1. The third kappa shape index (κ3) is 6.23. The van der Waals surface area contributed by atoms with Gasteiger partial charge in [-0.2, -0.15) is 10.2 Å². The summed E-state index contributed by atoms with van der Waals surface area (Å²) in [6.07, 6.45) is 1.62. The topological polar surface area (TPSA) is 106 Å². The Morgan fingerprint density at radius 2 is 1.63 bits per heavy atom. The Morgan fingerprint density at radius 3 is 2.30 bits per heavy atom. The average Bonchev–Trinajstić information content (AvgIpc) is 3.39. The van der Waals surface area contributed by atoms with E-state index in [9.17, 15) is 14.7 Å². The molecule has 46 heavy (non-hydrogen) atoms. The fourth-order valence-electron chi connectivity index (χ4n) is 5.29. The van der Waals surface area contributed by atoms with Crippen LogP contribution in [0.15, 0.2) is 129 Å². The van der Waals surface area contributed by atoms with Crippen molar-refractivity contribution in [3.63, 3.8) is 0 Å². The number of phenols is 1. The van der Waals surface area contributed by atoms with Crippen molar-refractivity contribution in [1.82, 2.24) is 4.57 Å². The zero-order valence-corrected chi connectivity index (χ0v) is 26.4. The van der Waals surface area contributed by atoms with Gasteiger partial charge in [0.15, 0.2) is 4.80 Å². The molecule has 1 atom stereocenters.